The third kappa shape index (κ3) is 3.05. The molecule has 158 valence electrons. The van der Waals surface area contributed by atoms with Crippen molar-refractivity contribution in [3.05, 3.63) is 83.9 Å². The van der Waals surface area contributed by atoms with E-state index in [-0.39, 0.29) is 24.4 Å². The number of carbonyl (C=O) groups is 3. The first-order valence-electron chi connectivity index (χ1n) is 10.4. The largest absolute Gasteiger partial charge is 0.461 e. The molecule has 0 N–H and O–H groups in total. The Hall–Kier alpha value is -3.41. The summed E-state index contributed by atoms with van der Waals surface area (Å²) in [6, 6.07) is 18.4. The molecule has 6 heteroatoms. The van der Waals surface area contributed by atoms with Crippen molar-refractivity contribution in [1.82, 2.24) is 0 Å². The Morgan fingerprint density at radius 2 is 1.71 bits per heavy atom. The van der Waals surface area contributed by atoms with Gasteiger partial charge in [-0.05, 0) is 17.7 Å². The third-order valence-electron chi connectivity index (χ3n) is 6.64. The molecule has 0 amide bonds. The molecule has 0 spiro atoms. The summed E-state index contributed by atoms with van der Waals surface area (Å²) in [7, 11) is 0. The number of ether oxygens (including phenoxy) is 3. The first-order chi connectivity index (χ1) is 15.0. The van der Waals surface area contributed by atoms with Crippen molar-refractivity contribution in [3.63, 3.8) is 0 Å². The Bertz CT molecular complexity index is 1050. The van der Waals surface area contributed by atoms with E-state index in [1.165, 1.54) is 6.92 Å². The van der Waals surface area contributed by atoms with Crippen molar-refractivity contribution in [2.24, 2.45) is 17.3 Å². The van der Waals surface area contributed by atoms with E-state index in [4.69, 9.17) is 14.2 Å². The first kappa shape index (κ1) is 19.5. The maximum Gasteiger partial charge on any atom is 0.338 e. The highest BCUT2D eigenvalue weighted by atomic mass is 16.6. The first-order valence-corrected chi connectivity index (χ1v) is 10.4. The monoisotopic (exact) mass is 418 g/mol. The van der Waals surface area contributed by atoms with Gasteiger partial charge in [0.1, 0.15) is 12.7 Å². The van der Waals surface area contributed by atoms with Crippen LogP contribution in [0.5, 0.6) is 0 Å². The van der Waals surface area contributed by atoms with Crippen LogP contribution in [0, 0.1) is 17.3 Å². The average Bonchev–Trinajstić information content (AvgIpc) is 3.04. The van der Waals surface area contributed by atoms with Gasteiger partial charge in [-0.25, -0.2) is 4.79 Å². The van der Waals surface area contributed by atoms with Crippen LogP contribution in [0.15, 0.2) is 72.8 Å². The minimum absolute atomic E-state index is 0.0356. The minimum Gasteiger partial charge on any atom is -0.461 e. The molecule has 2 aromatic carbocycles. The molecule has 1 saturated carbocycles. The molecular formula is C25H22O6. The number of carbonyl (C=O) groups excluding carboxylic acids is 3. The highest BCUT2D eigenvalue weighted by molar-refractivity contribution is 5.89. The highest BCUT2D eigenvalue weighted by Gasteiger charge is 2.71. The van der Waals surface area contributed by atoms with Gasteiger partial charge in [-0.2, -0.15) is 0 Å². The molecule has 6 nitrogen and oxygen atoms in total. The van der Waals surface area contributed by atoms with Gasteiger partial charge in [-0.1, -0.05) is 60.7 Å². The maximum atomic E-state index is 13.0. The zero-order chi connectivity index (χ0) is 21.6. The Morgan fingerprint density at radius 3 is 2.39 bits per heavy atom. The summed E-state index contributed by atoms with van der Waals surface area (Å²) in [6.07, 6.45) is 2.59. The van der Waals surface area contributed by atoms with Crippen LogP contribution in [0.4, 0.5) is 0 Å². The predicted octanol–water partition coefficient (Wildman–Crippen LogP) is 3.29. The van der Waals surface area contributed by atoms with Crippen molar-refractivity contribution in [2.45, 2.75) is 25.0 Å². The topological polar surface area (TPSA) is 78.9 Å². The quantitative estimate of drug-likeness (QED) is 0.421. The fourth-order valence-corrected chi connectivity index (χ4v) is 5.39. The van der Waals surface area contributed by atoms with Crippen LogP contribution in [0.1, 0.15) is 28.8 Å². The number of rotatable bonds is 5. The Labute approximate surface area is 179 Å². The van der Waals surface area contributed by atoms with Crippen molar-refractivity contribution in [1.29, 1.82) is 0 Å². The zero-order valence-corrected chi connectivity index (χ0v) is 17.0. The van der Waals surface area contributed by atoms with E-state index in [9.17, 15) is 14.4 Å². The van der Waals surface area contributed by atoms with E-state index >= 15 is 0 Å². The van der Waals surface area contributed by atoms with Crippen LogP contribution in [-0.4, -0.2) is 36.7 Å². The third-order valence-corrected chi connectivity index (χ3v) is 6.64. The van der Waals surface area contributed by atoms with Gasteiger partial charge < -0.3 is 14.2 Å². The summed E-state index contributed by atoms with van der Waals surface area (Å²) >= 11 is 0. The van der Waals surface area contributed by atoms with Crippen LogP contribution in [-0.2, 0) is 23.8 Å². The Balaban J connectivity index is 1.53. The molecule has 1 saturated heterocycles. The zero-order valence-electron chi connectivity index (χ0n) is 17.0. The fourth-order valence-electron chi connectivity index (χ4n) is 5.39. The van der Waals surface area contributed by atoms with E-state index in [2.05, 4.69) is 0 Å². The predicted molar refractivity (Wildman–Crippen MR) is 110 cm³/mol. The summed E-state index contributed by atoms with van der Waals surface area (Å²) < 4.78 is 17.1. The lowest BCUT2D eigenvalue weighted by molar-refractivity contribution is -0.171. The van der Waals surface area contributed by atoms with Crippen molar-refractivity contribution in [2.75, 3.05) is 6.61 Å². The Morgan fingerprint density at radius 1 is 1.03 bits per heavy atom. The van der Waals surface area contributed by atoms with E-state index in [1.54, 1.807) is 24.3 Å². The SMILES string of the molecule is CC(=O)O[C@@H]1[C@@H]2C=C[C@@]3(COC(=O)c4ccccc4)[C@H](C(=O)O[C@@H]13)[C@H]2c1ccccc1. The molecule has 2 fully saturated rings. The van der Waals surface area contributed by atoms with Crippen LogP contribution >= 0.6 is 0 Å². The lowest BCUT2D eigenvalue weighted by atomic mass is 9.52. The number of esters is 3. The Kier molecular flexibility index (Phi) is 4.65. The molecule has 0 aromatic heterocycles. The van der Waals surface area contributed by atoms with Gasteiger partial charge in [0.2, 0.25) is 0 Å². The van der Waals surface area contributed by atoms with Crippen LogP contribution in [0.25, 0.3) is 0 Å². The number of hydrogen-bond donors (Lipinski definition) is 0. The van der Waals surface area contributed by atoms with Gasteiger partial charge in [0.25, 0.3) is 0 Å². The lowest BCUT2D eigenvalue weighted by Crippen LogP contribution is -2.59. The van der Waals surface area contributed by atoms with Gasteiger partial charge in [0.05, 0.1) is 16.9 Å². The second-order valence-electron chi connectivity index (χ2n) is 8.34. The summed E-state index contributed by atoms with van der Waals surface area (Å²) in [5.74, 6) is -2.21. The summed E-state index contributed by atoms with van der Waals surface area (Å²) in [4.78, 5) is 37.5. The lowest BCUT2D eigenvalue weighted by Gasteiger charge is -2.51. The summed E-state index contributed by atoms with van der Waals surface area (Å²) in [5, 5.41) is 0. The van der Waals surface area contributed by atoms with Crippen molar-refractivity contribution in [3.8, 4) is 0 Å². The molecule has 3 aliphatic carbocycles. The number of benzene rings is 2. The van der Waals surface area contributed by atoms with Gasteiger partial charge >= 0.3 is 17.9 Å². The van der Waals surface area contributed by atoms with Crippen LogP contribution < -0.4 is 0 Å². The van der Waals surface area contributed by atoms with Gasteiger partial charge in [0.15, 0.2) is 6.10 Å². The van der Waals surface area contributed by atoms with Gasteiger partial charge in [-0.15, -0.1) is 0 Å². The summed E-state index contributed by atoms with van der Waals surface area (Å²) in [5.41, 5.74) is 0.509. The normalized spacial score (nSPS) is 32.4. The maximum absolute atomic E-state index is 13.0. The second kappa shape index (κ2) is 7.38. The molecule has 31 heavy (non-hydrogen) atoms. The molecule has 1 heterocycles. The van der Waals surface area contributed by atoms with Crippen LogP contribution in [0.3, 0.4) is 0 Å². The molecule has 2 aromatic rings. The number of hydrogen-bond acceptors (Lipinski definition) is 6. The minimum atomic E-state index is -0.892. The van der Waals surface area contributed by atoms with Crippen molar-refractivity contribution < 1.29 is 28.6 Å². The molecule has 1 aliphatic heterocycles. The average molecular weight is 418 g/mol. The standard InChI is InChI=1S/C25H22O6/c1-15(26)30-21-18-12-13-25(14-29-23(27)17-10-6-3-7-11-17)20(24(28)31-22(21)25)19(18)16-8-4-2-5-9-16/h2-13,18-22H,14H2,1H3/t18-,19+,20+,21-,22+,25-/m1/s1. The van der Waals surface area contributed by atoms with E-state index in [0.29, 0.717) is 5.56 Å². The smallest absolute Gasteiger partial charge is 0.338 e. The van der Waals surface area contributed by atoms with Crippen molar-refractivity contribution >= 4 is 17.9 Å². The molecule has 4 aliphatic rings. The molecule has 0 radical (unpaired) electrons. The fraction of sp³-hybridized carbons (Fsp3) is 0.320. The van der Waals surface area contributed by atoms with Gasteiger partial charge in [-0.3, -0.25) is 9.59 Å². The van der Waals surface area contributed by atoms with Gasteiger partial charge in [0, 0.05) is 18.8 Å². The molecule has 6 rings (SSSR count). The van der Waals surface area contributed by atoms with E-state index in [1.807, 2.05) is 48.6 Å². The second-order valence-corrected chi connectivity index (χ2v) is 8.34. The van der Waals surface area contributed by atoms with E-state index in [0.717, 1.165) is 5.56 Å². The molecule has 4 bridgehead atoms. The van der Waals surface area contributed by atoms with Crippen LogP contribution in [0.2, 0.25) is 0 Å². The summed E-state index contributed by atoms with van der Waals surface area (Å²) in [6.45, 7) is 1.31. The molecule has 0 unspecified atom stereocenters. The molecule has 6 atom stereocenters. The highest BCUT2D eigenvalue weighted by Crippen LogP contribution is 2.62. The molecular weight excluding hydrogens is 396 g/mol. The van der Waals surface area contributed by atoms with E-state index < -0.39 is 35.5 Å².